The Labute approximate surface area is 136 Å². The standard InChI is InChI=1S/C21H19NO/c1-22-19-11-4-2-7-15(19)13-17-9-6-10-18-14-16-8-3-5-12-20(16)23-21(17,18)22/h2-5,7-8,11-14H,6,9-10H2,1H3. The van der Waals surface area contributed by atoms with Gasteiger partial charge in [-0.3, -0.25) is 0 Å². The molecule has 1 saturated carbocycles. The molecule has 0 bridgehead atoms. The minimum atomic E-state index is -0.430. The third-order valence-corrected chi connectivity index (χ3v) is 5.37. The number of rotatable bonds is 0. The third-order valence-electron chi connectivity index (χ3n) is 5.37. The van der Waals surface area contributed by atoms with Crippen molar-refractivity contribution in [1.82, 2.24) is 0 Å². The topological polar surface area (TPSA) is 12.5 Å². The van der Waals surface area contributed by atoms with E-state index < -0.39 is 5.72 Å². The summed E-state index contributed by atoms with van der Waals surface area (Å²) in [5.74, 6) is 0.982. The monoisotopic (exact) mass is 301 g/mol. The molecule has 0 amide bonds. The van der Waals surface area contributed by atoms with E-state index in [0.29, 0.717) is 0 Å². The van der Waals surface area contributed by atoms with Crippen molar-refractivity contribution in [1.29, 1.82) is 0 Å². The van der Waals surface area contributed by atoms with Gasteiger partial charge >= 0.3 is 0 Å². The molecule has 2 nitrogen and oxygen atoms in total. The number of nitrogens with zero attached hydrogens (tertiary/aromatic N) is 1. The summed E-state index contributed by atoms with van der Waals surface area (Å²) in [4.78, 5) is 2.33. The van der Waals surface area contributed by atoms with Gasteiger partial charge in [0.05, 0.1) is 0 Å². The predicted molar refractivity (Wildman–Crippen MR) is 94.5 cm³/mol. The first-order chi connectivity index (χ1) is 11.3. The van der Waals surface area contributed by atoms with Crippen LogP contribution >= 0.6 is 0 Å². The van der Waals surface area contributed by atoms with Gasteiger partial charge < -0.3 is 9.64 Å². The summed E-state index contributed by atoms with van der Waals surface area (Å²) >= 11 is 0. The van der Waals surface area contributed by atoms with Crippen LogP contribution in [0.4, 0.5) is 5.69 Å². The van der Waals surface area contributed by atoms with Gasteiger partial charge in [-0.05, 0) is 60.3 Å². The van der Waals surface area contributed by atoms with Crippen LogP contribution in [0.25, 0.3) is 12.2 Å². The van der Waals surface area contributed by atoms with Crippen LogP contribution in [0, 0.1) is 0 Å². The summed E-state index contributed by atoms with van der Waals surface area (Å²) in [6.45, 7) is 0. The lowest BCUT2D eigenvalue weighted by molar-refractivity contribution is 0.125. The average molecular weight is 301 g/mol. The molecule has 0 N–H and O–H groups in total. The Balaban J connectivity index is 1.77. The van der Waals surface area contributed by atoms with Crippen molar-refractivity contribution in [2.45, 2.75) is 25.0 Å². The van der Waals surface area contributed by atoms with Crippen LogP contribution in [0.5, 0.6) is 5.75 Å². The van der Waals surface area contributed by atoms with Crippen molar-refractivity contribution >= 4 is 17.8 Å². The molecule has 2 aromatic rings. The fraction of sp³-hybridized carbons (Fsp3) is 0.238. The second kappa shape index (κ2) is 4.51. The number of fused-ring (bicyclic) bond motifs is 2. The molecule has 2 aromatic carbocycles. The number of hydrogen-bond donors (Lipinski definition) is 0. The molecule has 2 heteroatoms. The van der Waals surface area contributed by atoms with Gasteiger partial charge in [-0.2, -0.15) is 0 Å². The Morgan fingerprint density at radius 2 is 1.52 bits per heavy atom. The fourth-order valence-corrected chi connectivity index (χ4v) is 4.30. The molecule has 2 aliphatic heterocycles. The first-order valence-electron chi connectivity index (χ1n) is 8.32. The maximum absolute atomic E-state index is 6.69. The Bertz CT molecular complexity index is 846. The van der Waals surface area contributed by atoms with Gasteiger partial charge in [0, 0.05) is 18.3 Å². The van der Waals surface area contributed by atoms with E-state index in [9.17, 15) is 0 Å². The van der Waals surface area contributed by atoms with Crippen LogP contribution in [0.3, 0.4) is 0 Å². The van der Waals surface area contributed by atoms with E-state index in [1.807, 2.05) is 0 Å². The molecular weight excluding hydrogens is 282 g/mol. The molecule has 1 fully saturated rings. The highest BCUT2D eigenvalue weighted by Crippen LogP contribution is 2.52. The summed E-state index contributed by atoms with van der Waals surface area (Å²) in [6.07, 6.45) is 8.07. The van der Waals surface area contributed by atoms with E-state index in [2.05, 4.69) is 72.6 Å². The SMILES string of the molecule is CN1c2ccccc2C=C2CCCC3=Cc4ccccc4OC321. The molecule has 1 spiro atoms. The number of ether oxygens (including phenoxy) is 1. The number of anilines is 1. The Morgan fingerprint density at radius 3 is 2.35 bits per heavy atom. The Hall–Kier alpha value is -2.48. The molecule has 1 unspecified atom stereocenters. The van der Waals surface area contributed by atoms with Crippen molar-refractivity contribution in [2.24, 2.45) is 0 Å². The largest absolute Gasteiger partial charge is 0.459 e. The quantitative estimate of drug-likeness (QED) is 0.688. The maximum atomic E-state index is 6.69. The van der Waals surface area contributed by atoms with Crippen molar-refractivity contribution in [3.8, 4) is 5.75 Å². The van der Waals surface area contributed by atoms with Crippen molar-refractivity contribution < 1.29 is 4.74 Å². The van der Waals surface area contributed by atoms with Gasteiger partial charge in [-0.15, -0.1) is 0 Å². The summed E-state index contributed by atoms with van der Waals surface area (Å²) in [6, 6.07) is 17.0. The van der Waals surface area contributed by atoms with Crippen LogP contribution < -0.4 is 9.64 Å². The number of likely N-dealkylation sites (N-methyl/N-ethyl adjacent to an activating group) is 1. The number of hydrogen-bond acceptors (Lipinski definition) is 2. The number of benzene rings is 2. The van der Waals surface area contributed by atoms with Gasteiger partial charge in [0.1, 0.15) is 5.75 Å². The molecule has 1 atom stereocenters. The molecule has 2 heterocycles. The minimum absolute atomic E-state index is 0.430. The first-order valence-corrected chi connectivity index (χ1v) is 8.32. The van der Waals surface area contributed by atoms with E-state index in [1.54, 1.807) is 0 Å². The van der Waals surface area contributed by atoms with Gasteiger partial charge in [0.25, 0.3) is 0 Å². The average Bonchev–Trinajstić information content (AvgIpc) is 2.60. The molecular formula is C21H19NO. The second-order valence-electron chi connectivity index (χ2n) is 6.59. The molecule has 0 aromatic heterocycles. The second-order valence-corrected chi connectivity index (χ2v) is 6.59. The van der Waals surface area contributed by atoms with E-state index in [1.165, 1.54) is 34.4 Å². The van der Waals surface area contributed by atoms with E-state index >= 15 is 0 Å². The molecule has 0 saturated heterocycles. The lowest BCUT2D eigenvalue weighted by Gasteiger charge is -2.52. The molecule has 1 aliphatic carbocycles. The van der Waals surface area contributed by atoms with Gasteiger partial charge in [-0.1, -0.05) is 36.4 Å². The van der Waals surface area contributed by atoms with Crippen LogP contribution in [-0.4, -0.2) is 12.8 Å². The molecule has 114 valence electrons. The summed E-state index contributed by atoms with van der Waals surface area (Å²) in [7, 11) is 2.17. The smallest absolute Gasteiger partial charge is 0.228 e. The molecule has 5 rings (SSSR count). The van der Waals surface area contributed by atoms with Crippen LogP contribution in [0.2, 0.25) is 0 Å². The van der Waals surface area contributed by atoms with Gasteiger partial charge in [0.2, 0.25) is 5.72 Å². The zero-order valence-electron chi connectivity index (χ0n) is 13.3. The highest BCUT2D eigenvalue weighted by Gasteiger charge is 2.50. The minimum Gasteiger partial charge on any atom is -0.459 e. The highest BCUT2D eigenvalue weighted by molar-refractivity contribution is 5.81. The lowest BCUT2D eigenvalue weighted by atomic mass is 9.76. The van der Waals surface area contributed by atoms with Crippen LogP contribution in [0.15, 0.2) is 59.7 Å². The van der Waals surface area contributed by atoms with E-state index in [0.717, 1.165) is 18.6 Å². The zero-order valence-corrected chi connectivity index (χ0v) is 13.3. The molecule has 3 aliphatic rings. The van der Waals surface area contributed by atoms with Gasteiger partial charge in [-0.25, -0.2) is 0 Å². The van der Waals surface area contributed by atoms with Crippen LogP contribution in [0.1, 0.15) is 30.4 Å². The van der Waals surface area contributed by atoms with Crippen molar-refractivity contribution in [3.05, 3.63) is 70.8 Å². The third kappa shape index (κ3) is 1.64. The normalized spacial score (nSPS) is 24.3. The maximum Gasteiger partial charge on any atom is 0.228 e. The first kappa shape index (κ1) is 13.0. The van der Waals surface area contributed by atoms with Crippen molar-refractivity contribution in [2.75, 3.05) is 11.9 Å². The fourth-order valence-electron chi connectivity index (χ4n) is 4.30. The Morgan fingerprint density at radius 1 is 0.870 bits per heavy atom. The van der Waals surface area contributed by atoms with Gasteiger partial charge in [0.15, 0.2) is 0 Å². The van der Waals surface area contributed by atoms with Crippen LogP contribution in [-0.2, 0) is 0 Å². The summed E-state index contributed by atoms with van der Waals surface area (Å²) < 4.78 is 6.69. The van der Waals surface area contributed by atoms with Crippen molar-refractivity contribution in [3.63, 3.8) is 0 Å². The molecule has 0 radical (unpaired) electrons. The number of para-hydroxylation sites is 2. The Kier molecular flexibility index (Phi) is 2.55. The highest BCUT2D eigenvalue weighted by atomic mass is 16.5. The lowest BCUT2D eigenvalue weighted by Crippen LogP contribution is -2.58. The predicted octanol–water partition coefficient (Wildman–Crippen LogP) is 4.88. The summed E-state index contributed by atoms with van der Waals surface area (Å²) in [5.41, 5.74) is 6.06. The van der Waals surface area contributed by atoms with E-state index in [4.69, 9.17) is 4.74 Å². The zero-order chi connectivity index (χ0) is 15.4. The summed E-state index contributed by atoms with van der Waals surface area (Å²) in [5, 5.41) is 0. The van der Waals surface area contributed by atoms with E-state index in [-0.39, 0.29) is 0 Å². The molecule has 23 heavy (non-hydrogen) atoms.